The summed E-state index contributed by atoms with van der Waals surface area (Å²) < 4.78 is 0. The lowest BCUT2D eigenvalue weighted by Crippen LogP contribution is -2.42. The number of nitrogens with one attached hydrogen (secondary N) is 1. The molecule has 20 heavy (non-hydrogen) atoms. The van der Waals surface area contributed by atoms with E-state index in [0.29, 0.717) is 18.7 Å². The summed E-state index contributed by atoms with van der Waals surface area (Å²) in [5, 5.41) is 9.61. The third-order valence-corrected chi connectivity index (χ3v) is 3.75. The van der Waals surface area contributed by atoms with Gasteiger partial charge in [-0.3, -0.25) is 9.59 Å². The first kappa shape index (κ1) is 14.8. The largest absolute Gasteiger partial charge is 0.393 e. The number of nitrogens with zero attached hydrogens (tertiary/aromatic N) is 1. The van der Waals surface area contributed by atoms with Crippen LogP contribution in [0.25, 0.3) is 0 Å². The van der Waals surface area contributed by atoms with Crippen LogP contribution in [0.5, 0.6) is 0 Å². The van der Waals surface area contributed by atoms with Crippen molar-refractivity contribution in [2.24, 2.45) is 0 Å². The Morgan fingerprint density at radius 2 is 2.25 bits per heavy atom. The Kier molecular flexibility index (Phi) is 4.95. The average Bonchev–Trinajstić information content (AvgIpc) is 2.63. The fourth-order valence-corrected chi connectivity index (χ4v) is 2.81. The summed E-state index contributed by atoms with van der Waals surface area (Å²) in [6.07, 6.45) is 4.22. The van der Waals surface area contributed by atoms with Crippen LogP contribution in [0.2, 0.25) is 0 Å². The van der Waals surface area contributed by atoms with Gasteiger partial charge in [-0.25, -0.2) is 0 Å². The van der Waals surface area contributed by atoms with Crippen molar-refractivity contribution in [3.63, 3.8) is 0 Å². The Morgan fingerprint density at radius 1 is 1.45 bits per heavy atom. The van der Waals surface area contributed by atoms with Gasteiger partial charge in [-0.15, -0.1) is 0 Å². The van der Waals surface area contributed by atoms with Gasteiger partial charge in [0, 0.05) is 18.7 Å². The number of aromatic amines is 1. The second kappa shape index (κ2) is 6.70. The molecule has 5 nitrogen and oxygen atoms in total. The lowest BCUT2D eigenvalue weighted by atomic mass is 10.0. The Hall–Kier alpha value is -1.62. The molecule has 1 aliphatic heterocycles. The third kappa shape index (κ3) is 3.70. The highest BCUT2D eigenvalue weighted by atomic mass is 16.3. The molecule has 0 saturated carbocycles. The van der Waals surface area contributed by atoms with Crippen molar-refractivity contribution < 1.29 is 9.90 Å². The monoisotopic (exact) mass is 278 g/mol. The van der Waals surface area contributed by atoms with Crippen molar-refractivity contribution in [3.8, 4) is 0 Å². The van der Waals surface area contributed by atoms with Crippen LogP contribution in [0, 0.1) is 0 Å². The summed E-state index contributed by atoms with van der Waals surface area (Å²) in [5.74, 6) is -0.143. The lowest BCUT2D eigenvalue weighted by Gasteiger charge is -2.30. The fourth-order valence-electron chi connectivity index (χ4n) is 2.81. The van der Waals surface area contributed by atoms with Gasteiger partial charge in [0.1, 0.15) is 5.69 Å². The predicted octanol–water partition coefficient (Wildman–Crippen LogP) is 1.53. The molecule has 110 valence electrons. The predicted molar refractivity (Wildman–Crippen MR) is 76.7 cm³/mol. The molecule has 1 saturated heterocycles. The highest BCUT2D eigenvalue weighted by molar-refractivity contribution is 5.92. The summed E-state index contributed by atoms with van der Waals surface area (Å²) >= 11 is 0. The minimum absolute atomic E-state index is 0.0497. The van der Waals surface area contributed by atoms with Crippen LogP contribution < -0.4 is 5.56 Å². The van der Waals surface area contributed by atoms with E-state index in [0.717, 1.165) is 25.7 Å². The number of aromatic nitrogens is 1. The topological polar surface area (TPSA) is 73.4 Å². The molecule has 1 aromatic rings. The van der Waals surface area contributed by atoms with Gasteiger partial charge in [0.05, 0.1) is 6.10 Å². The standard InChI is InChI=1S/C15H22N2O3/c1-11(18)10-12-6-3-2-4-9-17(12)15(20)13-7-5-8-14(19)16-13/h5,7-8,11-12,18H,2-4,6,9-10H2,1H3,(H,16,19). The van der Waals surface area contributed by atoms with Gasteiger partial charge in [0.15, 0.2) is 0 Å². The van der Waals surface area contributed by atoms with Crippen molar-refractivity contribution in [2.45, 2.75) is 51.2 Å². The molecule has 0 aromatic carbocycles. The van der Waals surface area contributed by atoms with Crippen LogP contribution in [0.4, 0.5) is 0 Å². The number of likely N-dealkylation sites (tertiary alicyclic amines) is 1. The first-order valence-corrected chi connectivity index (χ1v) is 7.26. The van der Waals surface area contributed by atoms with E-state index in [1.807, 2.05) is 4.90 Å². The molecular formula is C15H22N2O3. The van der Waals surface area contributed by atoms with Gasteiger partial charge in [0.2, 0.25) is 5.56 Å². The Bertz CT molecular complexity index is 510. The molecule has 1 fully saturated rings. The van der Waals surface area contributed by atoms with Gasteiger partial charge in [0.25, 0.3) is 5.91 Å². The number of aliphatic hydroxyl groups excluding tert-OH is 1. The van der Waals surface area contributed by atoms with Crippen molar-refractivity contribution in [1.82, 2.24) is 9.88 Å². The first-order valence-electron chi connectivity index (χ1n) is 7.26. The summed E-state index contributed by atoms with van der Waals surface area (Å²) in [5.41, 5.74) is 0.0627. The molecule has 2 atom stereocenters. The SMILES string of the molecule is CC(O)CC1CCCCCN1C(=O)c1cccc(=O)[nH]1. The van der Waals surface area contributed by atoms with Gasteiger partial charge in [-0.05, 0) is 32.3 Å². The third-order valence-electron chi connectivity index (χ3n) is 3.75. The highest BCUT2D eigenvalue weighted by Crippen LogP contribution is 2.22. The van der Waals surface area contributed by atoms with Gasteiger partial charge >= 0.3 is 0 Å². The summed E-state index contributed by atoms with van der Waals surface area (Å²) in [4.78, 5) is 28.3. The lowest BCUT2D eigenvalue weighted by molar-refractivity contribution is 0.0601. The molecule has 2 unspecified atom stereocenters. The number of carbonyl (C=O) groups is 1. The fraction of sp³-hybridized carbons (Fsp3) is 0.600. The zero-order valence-electron chi connectivity index (χ0n) is 11.8. The average molecular weight is 278 g/mol. The quantitative estimate of drug-likeness (QED) is 0.880. The van der Waals surface area contributed by atoms with E-state index >= 15 is 0 Å². The molecule has 2 N–H and O–H groups in total. The summed E-state index contributed by atoms with van der Waals surface area (Å²) in [6.45, 7) is 2.44. The Balaban J connectivity index is 2.21. The van der Waals surface area contributed by atoms with E-state index < -0.39 is 6.10 Å². The zero-order valence-corrected chi connectivity index (χ0v) is 11.8. The molecule has 1 aliphatic rings. The molecule has 1 aromatic heterocycles. The number of hydrogen-bond acceptors (Lipinski definition) is 3. The maximum atomic E-state index is 12.6. The van der Waals surface area contributed by atoms with Gasteiger partial charge in [-0.2, -0.15) is 0 Å². The summed E-state index contributed by atoms with van der Waals surface area (Å²) in [6, 6.07) is 4.67. The molecule has 0 spiro atoms. The minimum atomic E-state index is -0.428. The van der Waals surface area contributed by atoms with Gasteiger partial charge < -0.3 is 15.0 Å². The van der Waals surface area contributed by atoms with Crippen LogP contribution >= 0.6 is 0 Å². The number of aliphatic hydroxyl groups is 1. The zero-order chi connectivity index (χ0) is 14.5. The molecular weight excluding hydrogens is 256 g/mol. The van der Waals surface area contributed by atoms with E-state index in [9.17, 15) is 14.7 Å². The van der Waals surface area contributed by atoms with E-state index in [2.05, 4.69) is 4.98 Å². The molecule has 1 amide bonds. The molecule has 0 radical (unpaired) electrons. The summed E-state index contributed by atoms with van der Waals surface area (Å²) in [7, 11) is 0. The van der Waals surface area contributed by atoms with E-state index in [4.69, 9.17) is 0 Å². The molecule has 2 rings (SSSR count). The van der Waals surface area contributed by atoms with E-state index in [1.54, 1.807) is 19.1 Å². The number of hydrogen-bond donors (Lipinski definition) is 2. The van der Waals surface area contributed by atoms with Crippen LogP contribution in [-0.4, -0.2) is 39.6 Å². The van der Waals surface area contributed by atoms with Crippen LogP contribution in [0.3, 0.4) is 0 Å². The number of amides is 1. The van der Waals surface area contributed by atoms with Crippen molar-refractivity contribution in [2.75, 3.05) is 6.54 Å². The van der Waals surface area contributed by atoms with Crippen molar-refractivity contribution >= 4 is 5.91 Å². The Morgan fingerprint density at radius 3 is 2.95 bits per heavy atom. The molecule has 5 heteroatoms. The van der Waals surface area contributed by atoms with Crippen molar-refractivity contribution in [1.29, 1.82) is 0 Å². The smallest absolute Gasteiger partial charge is 0.270 e. The van der Waals surface area contributed by atoms with Crippen LogP contribution in [0.1, 0.15) is 49.5 Å². The molecule has 0 aliphatic carbocycles. The van der Waals surface area contributed by atoms with E-state index in [-0.39, 0.29) is 17.5 Å². The normalized spacial score (nSPS) is 21.3. The number of H-pyrrole nitrogens is 1. The maximum absolute atomic E-state index is 12.6. The second-order valence-electron chi connectivity index (χ2n) is 5.52. The van der Waals surface area contributed by atoms with Crippen LogP contribution in [0.15, 0.2) is 23.0 Å². The van der Waals surface area contributed by atoms with Crippen molar-refractivity contribution in [3.05, 3.63) is 34.2 Å². The number of pyridine rings is 1. The molecule has 2 heterocycles. The number of carbonyl (C=O) groups excluding carboxylic acids is 1. The van der Waals surface area contributed by atoms with E-state index in [1.165, 1.54) is 6.07 Å². The minimum Gasteiger partial charge on any atom is -0.393 e. The van der Waals surface area contributed by atoms with Gasteiger partial charge in [-0.1, -0.05) is 18.9 Å². The number of rotatable bonds is 3. The molecule has 0 bridgehead atoms. The second-order valence-corrected chi connectivity index (χ2v) is 5.52. The first-order chi connectivity index (χ1) is 9.58. The maximum Gasteiger partial charge on any atom is 0.270 e. The highest BCUT2D eigenvalue weighted by Gasteiger charge is 2.27. The Labute approximate surface area is 118 Å². The van der Waals surface area contributed by atoms with Crippen LogP contribution in [-0.2, 0) is 0 Å².